The summed E-state index contributed by atoms with van der Waals surface area (Å²) in [6.45, 7) is 0. The van der Waals surface area contributed by atoms with Gasteiger partial charge < -0.3 is 21.7 Å². The quantitative estimate of drug-likeness (QED) is 0.332. The molecule has 0 aliphatic heterocycles. The van der Waals surface area contributed by atoms with Gasteiger partial charge in [0.2, 0.25) is 0 Å². The number of aliphatic carboxylic acids is 2. The summed E-state index contributed by atoms with van der Waals surface area (Å²) in [7, 11) is 2.41. The average molecular weight is 385 g/mol. The van der Waals surface area contributed by atoms with E-state index in [0.717, 1.165) is 0 Å². The van der Waals surface area contributed by atoms with Crippen LogP contribution in [0.4, 0.5) is 0 Å². The summed E-state index contributed by atoms with van der Waals surface area (Å²) in [5.74, 6) is -1.68. The monoisotopic (exact) mass is 382 g/mol. The van der Waals surface area contributed by atoms with Gasteiger partial charge in [0, 0.05) is 52.3 Å². The maximum Gasteiger partial charge on any atom is 0.321 e. The van der Waals surface area contributed by atoms with Gasteiger partial charge in [0.05, 0.1) is 0 Å². The number of hydrogen-bond acceptors (Lipinski definition) is 6. The van der Waals surface area contributed by atoms with Crippen molar-refractivity contribution in [3.05, 3.63) is 0 Å². The average Bonchev–Trinajstić information content (AvgIpc) is 2.11. The van der Waals surface area contributed by atoms with Gasteiger partial charge in [0.25, 0.3) is 0 Å². The molecule has 0 aromatic carbocycles. The second kappa shape index (κ2) is 10.1. The van der Waals surface area contributed by atoms with Crippen LogP contribution in [0.5, 0.6) is 0 Å². The van der Waals surface area contributed by atoms with Gasteiger partial charge in [-0.15, -0.1) is 0 Å². The van der Waals surface area contributed by atoms with Gasteiger partial charge >= 0.3 is 11.9 Å². The molecule has 0 aliphatic rings. The van der Waals surface area contributed by atoms with Crippen LogP contribution in [-0.2, 0) is 9.59 Å². The van der Waals surface area contributed by atoms with E-state index in [-0.39, 0.29) is 52.3 Å². The summed E-state index contributed by atoms with van der Waals surface area (Å²) >= 11 is 0. The number of rotatable bonds is 7. The molecule has 0 saturated heterocycles. The predicted octanol–water partition coefficient (Wildman–Crippen LogP) is -0.808. The van der Waals surface area contributed by atoms with E-state index in [1.54, 1.807) is 0 Å². The van der Waals surface area contributed by atoms with E-state index in [1.165, 1.54) is 21.6 Å². The molecule has 0 bridgehead atoms. The van der Waals surface area contributed by atoms with E-state index in [1.807, 2.05) is 0 Å². The molecule has 0 radical (unpaired) electrons. The van der Waals surface area contributed by atoms with Gasteiger partial charge in [-0.25, -0.2) is 0 Å². The molecule has 6 nitrogen and oxygen atoms in total. The molecule has 0 heterocycles. The number of nitrogens with two attached hydrogens (primary N) is 2. The van der Waals surface area contributed by atoms with Crippen LogP contribution in [0.15, 0.2) is 0 Å². The normalized spacial score (nSPS) is 13.7. The number of hydrogen-bond donors (Lipinski definition) is 4. The van der Waals surface area contributed by atoms with Crippen molar-refractivity contribution in [1.29, 1.82) is 0 Å². The van der Waals surface area contributed by atoms with E-state index >= 15 is 0 Å². The first-order valence-electron chi connectivity index (χ1n) is 3.66. The van der Waals surface area contributed by atoms with Gasteiger partial charge in [0.15, 0.2) is 0 Å². The first kappa shape index (κ1) is 18.3. The zero-order valence-electron chi connectivity index (χ0n) is 7.75. The third-order valence-electron chi connectivity index (χ3n) is 1.21. The molecular weight excluding hydrogens is 372 g/mol. The van der Waals surface area contributed by atoms with Crippen LogP contribution >= 0.6 is 21.6 Å². The van der Waals surface area contributed by atoms with Gasteiger partial charge in [-0.1, -0.05) is 21.6 Å². The zero-order chi connectivity index (χ0) is 11.1. The molecule has 15 heavy (non-hydrogen) atoms. The topological polar surface area (TPSA) is 127 Å². The maximum atomic E-state index is 10.3. The zero-order valence-corrected chi connectivity index (χ0v) is 12.6. The molecule has 0 aliphatic carbocycles. The fourth-order valence-electron chi connectivity index (χ4n) is 0.385. The summed E-state index contributed by atoms with van der Waals surface area (Å²) in [6.07, 6.45) is 0. The van der Waals surface area contributed by atoms with Crippen LogP contribution < -0.4 is 11.5 Å². The third kappa shape index (κ3) is 9.82. The number of carbonyl (C=O) groups is 2. The second-order valence-electron chi connectivity index (χ2n) is 2.46. The summed E-state index contributed by atoms with van der Waals surface area (Å²) in [5.41, 5.74) is 10.4. The van der Waals surface area contributed by atoms with E-state index in [4.69, 9.17) is 21.7 Å². The van der Waals surface area contributed by atoms with Gasteiger partial charge in [-0.2, -0.15) is 0 Å². The maximum absolute atomic E-state index is 10.3. The molecule has 86 valence electrons. The van der Waals surface area contributed by atoms with E-state index in [0.29, 0.717) is 0 Å². The smallest absolute Gasteiger partial charge is 0.321 e. The van der Waals surface area contributed by atoms with Crippen LogP contribution in [0.2, 0.25) is 0 Å². The standard InChI is InChI=1S/C6H12N2O4S2.Nd/c7-3(5(9)10)1-13-14-2-4(8)6(11)12;/h3-4H,1-2,7-8H2,(H,9,10)(H,11,12);. The Balaban J connectivity index is 0. The Morgan fingerprint density at radius 2 is 1.27 bits per heavy atom. The van der Waals surface area contributed by atoms with Crippen LogP contribution in [0.25, 0.3) is 0 Å². The minimum Gasteiger partial charge on any atom is -0.480 e. The van der Waals surface area contributed by atoms with Gasteiger partial charge in [-0.3, -0.25) is 9.59 Å². The van der Waals surface area contributed by atoms with Crippen molar-refractivity contribution in [2.75, 3.05) is 11.5 Å². The Morgan fingerprint density at radius 3 is 1.47 bits per heavy atom. The summed E-state index contributed by atoms with van der Waals surface area (Å²) < 4.78 is 0. The van der Waals surface area contributed by atoms with Crippen LogP contribution in [0, 0.1) is 40.8 Å². The van der Waals surface area contributed by atoms with Gasteiger partial charge in [0.1, 0.15) is 12.1 Å². The molecule has 0 amide bonds. The molecule has 0 saturated carbocycles. The summed E-state index contributed by atoms with van der Waals surface area (Å²) in [6, 6.07) is -1.85. The number of carboxylic acids is 2. The first-order chi connectivity index (χ1) is 6.45. The molecule has 0 fully saturated rings. The predicted molar refractivity (Wildman–Crippen MR) is 56.1 cm³/mol. The van der Waals surface area contributed by atoms with Crippen LogP contribution in [0.1, 0.15) is 0 Å². The first-order valence-corrected chi connectivity index (χ1v) is 6.15. The molecule has 0 aromatic rings. The Bertz CT molecular complexity index is 197. The Labute approximate surface area is 128 Å². The second-order valence-corrected chi connectivity index (χ2v) is 5.01. The molecule has 9 heteroatoms. The molecule has 0 aromatic heterocycles. The molecule has 6 N–H and O–H groups in total. The Kier molecular flexibility index (Phi) is 12.3. The third-order valence-corrected chi connectivity index (χ3v) is 3.69. The minimum atomic E-state index is -1.07. The van der Waals surface area contributed by atoms with Crippen LogP contribution in [0.3, 0.4) is 0 Å². The van der Waals surface area contributed by atoms with Crippen molar-refractivity contribution in [3.63, 3.8) is 0 Å². The van der Waals surface area contributed by atoms with Gasteiger partial charge in [-0.05, 0) is 0 Å². The van der Waals surface area contributed by atoms with E-state index in [2.05, 4.69) is 0 Å². The Hall–Kier alpha value is 0.911. The molecule has 2 atom stereocenters. The molecule has 0 rings (SSSR count). The van der Waals surface area contributed by atoms with E-state index in [9.17, 15) is 9.59 Å². The minimum absolute atomic E-state index is 0. The summed E-state index contributed by atoms with van der Waals surface area (Å²) in [4.78, 5) is 20.5. The molecule has 2 unspecified atom stereocenters. The molecule has 0 spiro atoms. The fourth-order valence-corrected chi connectivity index (χ4v) is 2.61. The van der Waals surface area contributed by atoms with Crippen molar-refractivity contribution >= 4 is 33.5 Å². The fraction of sp³-hybridized carbons (Fsp3) is 0.667. The van der Waals surface area contributed by atoms with Crippen LogP contribution in [-0.4, -0.2) is 45.7 Å². The largest absolute Gasteiger partial charge is 0.480 e. The van der Waals surface area contributed by atoms with Crippen molar-refractivity contribution in [3.8, 4) is 0 Å². The molecular formula is C6H12N2NdO4S2. The van der Waals surface area contributed by atoms with Crippen molar-refractivity contribution in [1.82, 2.24) is 0 Å². The van der Waals surface area contributed by atoms with Crippen molar-refractivity contribution in [2.24, 2.45) is 11.5 Å². The SMILES string of the molecule is NC(CSSCC(N)C(=O)O)C(=O)O.[Nd]. The van der Waals surface area contributed by atoms with E-state index < -0.39 is 24.0 Å². The number of carboxylic acid groups (broad SMARTS) is 2. The Morgan fingerprint density at radius 1 is 1.00 bits per heavy atom. The summed E-state index contributed by atoms with van der Waals surface area (Å²) in [5, 5.41) is 16.8. The van der Waals surface area contributed by atoms with Crippen molar-refractivity contribution in [2.45, 2.75) is 12.1 Å². The van der Waals surface area contributed by atoms with Crippen molar-refractivity contribution < 1.29 is 60.6 Å².